The highest BCUT2D eigenvalue weighted by Gasteiger charge is 2.45. The Balaban J connectivity index is 2.16. The standard InChI is InChI=1S/C6H12N2O3/c9-3-2-1-7-6(8-2)5(11)4(3)10/h2-11H,1H2. The fourth-order valence-electron chi connectivity index (χ4n) is 1.68. The first kappa shape index (κ1) is 7.45. The van der Waals surface area contributed by atoms with Gasteiger partial charge in [-0.3, -0.25) is 10.6 Å². The van der Waals surface area contributed by atoms with Gasteiger partial charge in [-0.25, -0.2) is 0 Å². The molecule has 0 aromatic rings. The SMILES string of the molecule is OC1C2CNC(N2)C(O)C1O. The molecule has 5 nitrogen and oxygen atoms in total. The molecule has 64 valence electrons. The molecule has 0 aliphatic carbocycles. The van der Waals surface area contributed by atoms with Gasteiger partial charge in [0.1, 0.15) is 12.2 Å². The van der Waals surface area contributed by atoms with Gasteiger partial charge in [0, 0.05) is 12.6 Å². The van der Waals surface area contributed by atoms with Crippen LogP contribution in [0.25, 0.3) is 0 Å². The summed E-state index contributed by atoms with van der Waals surface area (Å²) in [6.07, 6.45) is -3.07. The maximum atomic E-state index is 9.32. The Hall–Kier alpha value is -0.200. The fourth-order valence-corrected chi connectivity index (χ4v) is 1.68. The van der Waals surface area contributed by atoms with E-state index in [1.807, 2.05) is 0 Å². The molecule has 2 fully saturated rings. The Morgan fingerprint density at radius 1 is 1.00 bits per heavy atom. The van der Waals surface area contributed by atoms with E-state index < -0.39 is 18.3 Å². The normalized spacial score (nSPS) is 56.5. The third-order valence-electron chi connectivity index (χ3n) is 2.40. The lowest BCUT2D eigenvalue weighted by Gasteiger charge is -2.34. The van der Waals surface area contributed by atoms with Crippen molar-refractivity contribution < 1.29 is 15.3 Å². The molecular formula is C6H12N2O3. The number of piperidine rings is 1. The molecule has 2 bridgehead atoms. The predicted molar refractivity (Wildman–Crippen MR) is 36.7 cm³/mol. The lowest BCUT2D eigenvalue weighted by molar-refractivity contribution is -0.0981. The quantitative estimate of drug-likeness (QED) is 0.260. The summed E-state index contributed by atoms with van der Waals surface area (Å²) in [4.78, 5) is 0. The van der Waals surface area contributed by atoms with Crippen molar-refractivity contribution in [1.82, 2.24) is 10.6 Å². The molecule has 5 N–H and O–H groups in total. The van der Waals surface area contributed by atoms with Gasteiger partial charge >= 0.3 is 0 Å². The molecule has 11 heavy (non-hydrogen) atoms. The molecule has 0 aromatic heterocycles. The number of hydrogen-bond donors (Lipinski definition) is 5. The Labute approximate surface area is 64.0 Å². The summed E-state index contributed by atoms with van der Waals surface area (Å²) in [5, 5.41) is 33.8. The van der Waals surface area contributed by atoms with E-state index in [4.69, 9.17) is 0 Å². The van der Waals surface area contributed by atoms with Gasteiger partial charge in [-0.15, -0.1) is 0 Å². The van der Waals surface area contributed by atoms with Crippen LogP contribution >= 0.6 is 0 Å². The van der Waals surface area contributed by atoms with E-state index in [0.717, 1.165) is 0 Å². The monoisotopic (exact) mass is 160 g/mol. The summed E-state index contributed by atoms with van der Waals surface area (Å²) in [6, 6.07) is -0.126. The number of nitrogens with one attached hydrogen (secondary N) is 2. The van der Waals surface area contributed by atoms with Crippen molar-refractivity contribution in [3.8, 4) is 0 Å². The molecule has 5 atom stereocenters. The molecule has 5 unspecified atom stereocenters. The fraction of sp³-hybridized carbons (Fsp3) is 1.00. The molecule has 0 spiro atoms. The minimum absolute atomic E-state index is 0.126. The summed E-state index contributed by atoms with van der Waals surface area (Å²) in [7, 11) is 0. The number of aliphatic hydroxyl groups is 3. The van der Waals surface area contributed by atoms with Crippen molar-refractivity contribution >= 4 is 0 Å². The van der Waals surface area contributed by atoms with Crippen LogP contribution in [0.3, 0.4) is 0 Å². The van der Waals surface area contributed by atoms with Gasteiger partial charge in [0.2, 0.25) is 0 Å². The average Bonchev–Trinajstić information content (AvgIpc) is 2.44. The molecule has 0 radical (unpaired) electrons. The maximum absolute atomic E-state index is 9.32. The van der Waals surface area contributed by atoms with E-state index in [0.29, 0.717) is 6.54 Å². The number of hydrogen-bond acceptors (Lipinski definition) is 5. The largest absolute Gasteiger partial charge is 0.389 e. The minimum atomic E-state index is -1.03. The topological polar surface area (TPSA) is 84.8 Å². The zero-order valence-electron chi connectivity index (χ0n) is 5.94. The Morgan fingerprint density at radius 2 is 1.73 bits per heavy atom. The molecule has 0 aromatic carbocycles. The second-order valence-electron chi connectivity index (χ2n) is 3.13. The molecular weight excluding hydrogens is 148 g/mol. The average molecular weight is 160 g/mol. The van der Waals surface area contributed by atoms with Crippen LogP contribution in [0.1, 0.15) is 0 Å². The van der Waals surface area contributed by atoms with Crippen LogP contribution in [0.2, 0.25) is 0 Å². The minimum Gasteiger partial charge on any atom is -0.389 e. The lowest BCUT2D eigenvalue weighted by atomic mass is 9.97. The number of fused-ring (bicyclic) bond motifs is 2. The van der Waals surface area contributed by atoms with E-state index in [2.05, 4.69) is 10.6 Å². The van der Waals surface area contributed by atoms with Crippen LogP contribution in [0.5, 0.6) is 0 Å². The van der Waals surface area contributed by atoms with Crippen molar-refractivity contribution in [1.29, 1.82) is 0 Å². The van der Waals surface area contributed by atoms with Crippen LogP contribution in [-0.2, 0) is 0 Å². The summed E-state index contributed by atoms with van der Waals surface area (Å²) in [5.41, 5.74) is 0. The van der Waals surface area contributed by atoms with E-state index in [1.54, 1.807) is 0 Å². The Morgan fingerprint density at radius 3 is 2.45 bits per heavy atom. The predicted octanol–water partition coefficient (Wildman–Crippen LogP) is -3.03. The van der Waals surface area contributed by atoms with Crippen molar-refractivity contribution in [2.24, 2.45) is 0 Å². The highest BCUT2D eigenvalue weighted by atomic mass is 16.4. The number of rotatable bonds is 0. The Bertz CT molecular complexity index is 146. The zero-order valence-corrected chi connectivity index (χ0v) is 5.94. The van der Waals surface area contributed by atoms with Gasteiger partial charge < -0.3 is 15.3 Å². The van der Waals surface area contributed by atoms with Crippen LogP contribution in [0, 0.1) is 0 Å². The van der Waals surface area contributed by atoms with Crippen LogP contribution in [-0.4, -0.2) is 52.4 Å². The van der Waals surface area contributed by atoms with Crippen LogP contribution in [0.4, 0.5) is 0 Å². The van der Waals surface area contributed by atoms with Crippen molar-refractivity contribution in [3.63, 3.8) is 0 Å². The first-order valence-electron chi connectivity index (χ1n) is 3.74. The van der Waals surface area contributed by atoms with E-state index >= 15 is 0 Å². The molecule has 2 rings (SSSR count). The summed E-state index contributed by atoms with van der Waals surface area (Å²) >= 11 is 0. The van der Waals surface area contributed by atoms with Gasteiger partial charge in [0.05, 0.1) is 12.3 Å². The van der Waals surface area contributed by atoms with Gasteiger partial charge in [-0.2, -0.15) is 0 Å². The molecule has 2 aliphatic heterocycles. The van der Waals surface area contributed by atoms with Crippen LogP contribution < -0.4 is 10.6 Å². The van der Waals surface area contributed by atoms with Gasteiger partial charge in [-0.1, -0.05) is 0 Å². The smallest absolute Gasteiger partial charge is 0.111 e. The molecule has 2 saturated heterocycles. The molecule has 2 aliphatic rings. The highest BCUT2D eigenvalue weighted by Crippen LogP contribution is 2.17. The summed E-state index contributed by atoms with van der Waals surface area (Å²) in [6.45, 7) is 0.597. The zero-order chi connectivity index (χ0) is 8.01. The third-order valence-corrected chi connectivity index (χ3v) is 2.40. The van der Waals surface area contributed by atoms with Crippen molar-refractivity contribution in [2.75, 3.05) is 6.54 Å². The molecule has 0 saturated carbocycles. The van der Waals surface area contributed by atoms with Gasteiger partial charge in [0.25, 0.3) is 0 Å². The molecule has 5 heteroatoms. The van der Waals surface area contributed by atoms with E-state index in [9.17, 15) is 15.3 Å². The third kappa shape index (κ3) is 0.969. The summed E-state index contributed by atoms with van der Waals surface area (Å²) < 4.78 is 0. The molecule has 2 heterocycles. The number of aliphatic hydroxyl groups excluding tert-OH is 3. The van der Waals surface area contributed by atoms with E-state index in [-0.39, 0.29) is 12.2 Å². The van der Waals surface area contributed by atoms with Crippen molar-refractivity contribution in [2.45, 2.75) is 30.5 Å². The first-order valence-corrected chi connectivity index (χ1v) is 3.74. The van der Waals surface area contributed by atoms with Gasteiger partial charge in [0.15, 0.2) is 0 Å². The van der Waals surface area contributed by atoms with Gasteiger partial charge in [-0.05, 0) is 0 Å². The van der Waals surface area contributed by atoms with Crippen molar-refractivity contribution in [3.05, 3.63) is 0 Å². The first-order chi connectivity index (χ1) is 5.20. The van der Waals surface area contributed by atoms with E-state index in [1.165, 1.54) is 0 Å². The summed E-state index contributed by atoms with van der Waals surface area (Å²) in [5.74, 6) is 0. The second kappa shape index (κ2) is 2.40. The molecule has 0 amide bonds. The Kier molecular flexibility index (Phi) is 1.62. The highest BCUT2D eigenvalue weighted by molar-refractivity contribution is 5.02. The second-order valence-corrected chi connectivity index (χ2v) is 3.13. The maximum Gasteiger partial charge on any atom is 0.111 e. The lowest BCUT2D eigenvalue weighted by Crippen LogP contribution is -2.61. The van der Waals surface area contributed by atoms with Crippen LogP contribution in [0.15, 0.2) is 0 Å².